The molecule has 16 heavy (non-hydrogen) atoms. The van der Waals surface area contributed by atoms with E-state index in [0.717, 1.165) is 10.9 Å². The summed E-state index contributed by atoms with van der Waals surface area (Å²) in [5.74, 6) is 5.73. The summed E-state index contributed by atoms with van der Waals surface area (Å²) in [4.78, 5) is 11.4. The van der Waals surface area contributed by atoms with Gasteiger partial charge in [0.2, 0.25) is 0 Å². The summed E-state index contributed by atoms with van der Waals surface area (Å²) in [6, 6.07) is 5.31. The number of nitrogens with zero attached hydrogens (tertiary/aromatic N) is 1. The van der Waals surface area contributed by atoms with Gasteiger partial charge in [-0.2, -0.15) is 5.10 Å². The van der Waals surface area contributed by atoms with E-state index in [-0.39, 0.29) is 12.2 Å². The molecule has 1 aromatic heterocycles. The van der Waals surface area contributed by atoms with E-state index >= 15 is 0 Å². The van der Waals surface area contributed by atoms with Gasteiger partial charge in [0.25, 0.3) is 5.56 Å². The van der Waals surface area contributed by atoms with Gasteiger partial charge in [0.15, 0.2) is 0 Å². The Morgan fingerprint density at radius 1 is 1.44 bits per heavy atom. The highest BCUT2D eigenvalue weighted by atomic mass is 16.2. The Morgan fingerprint density at radius 2 is 2.31 bits per heavy atom. The number of fused-ring (bicyclic) bond motifs is 1. The van der Waals surface area contributed by atoms with Crippen LogP contribution >= 0.6 is 0 Å². The topological polar surface area (TPSA) is 66.0 Å². The highest BCUT2D eigenvalue weighted by Crippen LogP contribution is 2.09. The second-order valence-corrected chi connectivity index (χ2v) is 3.28. The third-order valence-electron chi connectivity index (χ3n) is 2.14. The number of nitrogens with one attached hydrogen (secondary N) is 1. The Kier molecular flexibility index (Phi) is 2.99. The van der Waals surface area contributed by atoms with Crippen LogP contribution in [0.3, 0.4) is 0 Å². The zero-order chi connectivity index (χ0) is 11.4. The molecule has 80 valence electrons. The predicted molar refractivity (Wildman–Crippen MR) is 60.9 cm³/mol. The fraction of sp³-hybridized carbons (Fsp3) is 0.167. The van der Waals surface area contributed by atoms with Crippen molar-refractivity contribution in [2.24, 2.45) is 0 Å². The summed E-state index contributed by atoms with van der Waals surface area (Å²) < 4.78 is 0. The van der Waals surface area contributed by atoms with E-state index in [2.05, 4.69) is 22.0 Å². The van der Waals surface area contributed by atoms with Crippen LogP contribution in [0.2, 0.25) is 0 Å². The molecule has 0 aliphatic rings. The van der Waals surface area contributed by atoms with Crippen molar-refractivity contribution in [1.29, 1.82) is 0 Å². The second-order valence-electron chi connectivity index (χ2n) is 3.28. The molecule has 0 amide bonds. The van der Waals surface area contributed by atoms with Gasteiger partial charge < -0.3 is 5.11 Å². The Hall–Kier alpha value is -2.12. The van der Waals surface area contributed by atoms with Crippen molar-refractivity contribution in [1.82, 2.24) is 10.2 Å². The van der Waals surface area contributed by atoms with Crippen LogP contribution < -0.4 is 5.56 Å². The van der Waals surface area contributed by atoms with Crippen LogP contribution in [0, 0.1) is 11.8 Å². The van der Waals surface area contributed by atoms with Crippen LogP contribution in [0.4, 0.5) is 0 Å². The molecule has 2 N–H and O–H groups in total. The van der Waals surface area contributed by atoms with Crippen molar-refractivity contribution in [2.45, 2.75) is 6.42 Å². The van der Waals surface area contributed by atoms with Crippen LogP contribution in [0.5, 0.6) is 0 Å². The van der Waals surface area contributed by atoms with Crippen molar-refractivity contribution in [2.75, 3.05) is 6.61 Å². The molecule has 2 aromatic rings. The largest absolute Gasteiger partial charge is 0.395 e. The molecule has 0 atom stereocenters. The number of aliphatic hydroxyl groups is 1. The Balaban J connectivity index is 2.46. The summed E-state index contributed by atoms with van der Waals surface area (Å²) in [6.07, 6.45) is 2.04. The fourth-order valence-corrected chi connectivity index (χ4v) is 1.40. The maximum Gasteiger partial charge on any atom is 0.272 e. The van der Waals surface area contributed by atoms with Gasteiger partial charge in [0.05, 0.1) is 18.2 Å². The Bertz CT molecular complexity index is 620. The summed E-state index contributed by atoms with van der Waals surface area (Å²) in [7, 11) is 0. The molecule has 1 aromatic carbocycles. The first kappa shape index (κ1) is 10.4. The number of aromatic nitrogens is 2. The number of rotatable bonds is 1. The molecule has 0 fully saturated rings. The summed E-state index contributed by atoms with van der Waals surface area (Å²) >= 11 is 0. The van der Waals surface area contributed by atoms with Gasteiger partial charge in [-0.05, 0) is 18.2 Å². The zero-order valence-electron chi connectivity index (χ0n) is 8.53. The van der Waals surface area contributed by atoms with E-state index in [1.807, 2.05) is 6.07 Å². The molecule has 2 rings (SSSR count). The lowest BCUT2D eigenvalue weighted by atomic mass is 10.1. The molecule has 0 spiro atoms. The van der Waals surface area contributed by atoms with Crippen molar-refractivity contribution < 1.29 is 5.11 Å². The summed E-state index contributed by atoms with van der Waals surface area (Å²) in [6.45, 7) is 0.0573. The van der Waals surface area contributed by atoms with E-state index < -0.39 is 0 Å². The molecular weight excluding hydrogens is 204 g/mol. The maximum atomic E-state index is 11.4. The lowest BCUT2D eigenvalue weighted by Gasteiger charge is -1.95. The SMILES string of the molecule is O=c1[nH]ncc2cc(C#CCCO)ccc12. The van der Waals surface area contributed by atoms with Gasteiger partial charge in [-0.3, -0.25) is 4.79 Å². The zero-order valence-corrected chi connectivity index (χ0v) is 8.53. The van der Waals surface area contributed by atoms with E-state index in [9.17, 15) is 4.79 Å². The van der Waals surface area contributed by atoms with Gasteiger partial charge >= 0.3 is 0 Å². The minimum Gasteiger partial charge on any atom is -0.395 e. The van der Waals surface area contributed by atoms with E-state index in [0.29, 0.717) is 11.8 Å². The van der Waals surface area contributed by atoms with E-state index in [1.165, 1.54) is 0 Å². The number of hydrogen-bond acceptors (Lipinski definition) is 3. The van der Waals surface area contributed by atoms with Crippen molar-refractivity contribution >= 4 is 10.8 Å². The van der Waals surface area contributed by atoms with Crippen molar-refractivity contribution in [3.8, 4) is 11.8 Å². The number of benzene rings is 1. The number of hydrogen-bond donors (Lipinski definition) is 2. The smallest absolute Gasteiger partial charge is 0.272 e. The Labute approximate surface area is 91.9 Å². The third-order valence-corrected chi connectivity index (χ3v) is 2.14. The molecule has 0 bridgehead atoms. The van der Waals surface area contributed by atoms with Crippen LogP contribution in [-0.2, 0) is 0 Å². The maximum absolute atomic E-state index is 11.4. The first-order chi connectivity index (χ1) is 7.81. The monoisotopic (exact) mass is 214 g/mol. The van der Waals surface area contributed by atoms with Crippen molar-refractivity contribution in [3.05, 3.63) is 40.3 Å². The third kappa shape index (κ3) is 2.10. The van der Waals surface area contributed by atoms with E-state index in [1.54, 1.807) is 18.3 Å². The molecular formula is C12H10N2O2. The van der Waals surface area contributed by atoms with Gasteiger partial charge in [0, 0.05) is 17.4 Å². The van der Waals surface area contributed by atoms with Gasteiger partial charge in [-0.1, -0.05) is 11.8 Å². The average Bonchev–Trinajstić information content (AvgIpc) is 2.30. The Morgan fingerprint density at radius 3 is 3.12 bits per heavy atom. The van der Waals surface area contributed by atoms with Crippen LogP contribution in [0.15, 0.2) is 29.2 Å². The lowest BCUT2D eigenvalue weighted by Crippen LogP contribution is -2.07. The first-order valence-electron chi connectivity index (χ1n) is 4.88. The van der Waals surface area contributed by atoms with Crippen molar-refractivity contribution in [3.63, 3.8) is 0 Å². The second kappa shape index (κ2) is 4.60. The number of H-pyrrole nitrogens is 1. The predicted octanol–water partition coefficient (Wildman–Crippen LogP) is 0.657. The lowest BCUT2D eigenvalue weighted by molar-refractivity contribution is 0.305. The van der Waals surface area contributed by atoms with Crippen LogP contribution in [0.1, 0.15) is 12.0 Å². The molecule has 0 saturated heterocycles. The summed E-state index contributed by atoms with van der Waals surface area (Å²) in [5, 5.41) is 16.1. The molecule has 0 saturated carbocycles. The van der Waals surface area contributed by atoms with E-state index in [4.69, 9.17) is 5.11 Å². The van der Waals surface area contributed by atoms with Crippen LogP contribution in [0.25, 0.3) is 10.8 Å². The standard InChI is InChI=1S/C12H10N2O2/c15-6-2-1-3-9-4-5-11-10(7-9)8-13-14-12(11)16/h4-5,7-8,15H,2,6H2,(H,14,16). The molecule has 0 aliphatic heterocycles. The number of aliphatic hydroxyl groups excluding tert-OH is 1. The van der Waals surface area contributed by atoms with Gasteiger partial charge in [-0.15, -0.1) is 0 Å². The highest BCUT2D eigenvalue weighted by molar-refractivity contribution is 5.81. The molecule has 0 unspecified atom stereocenters. The van der Waals surface area contributed by atoms with Gasteiger partial charge in [0.1, 0.15) is 0 Å². The minimum absolute atomic E-state index is 0.0573. The summed E-state index contributed by atoms with van der Waals surface area (Å²) in [5.41, 5.74) is 0.612. The van der Waals surface area contributed by atoms with Crippen LogP contribution in [-0.4, -0.2) is 21.9 Å². The van der Waals surface area contributed by atoms with Gasteiger partial charge in [-0.25, -0.2) is 5.10 Å². The average molecular weight is 214 g/mol. The molecule has 4 heteroatoms. The normalized spacial score (nSPS) is 9.81. The fourth-order valence-electron chi connectivity index (χ4n) is 1.40. The molecule has 0 radical (unpaired) electrons. The molecule has 0 aliphatic carbocycles. The minimum atomic E-state index is -0.202. The first-order valence-corrected chi connectivity index (χ1v) is 4.88. The number of aromatic amines is 1. The molecule has 1 heterocycles. The molecule has 4 nitrogen and oxygen atoms in total. The quantitative estimate of drug-likeness (QED) is 0.685. The highest BCUT2D eigenvalue weighted by Gasteiger charge is 1.98.